The highest BCUT2D eigenvalue weighted by Gasteiger charge is 2.28. The van der Waals surface area contributed by atoms with Crippen LogP contribution in [0.3, 0.4) is 0 Å². The molecule has 0 aromatic heterocycles. The first kappa shape index (κ1) is 48.6. The number of aliphatic hydroxyl groups is 4. The first-order valence-electron chi connectivity index (χ1n) is 15.2. The van der Waals surface area contributed by atoms with Crippen LogP contribution in [0.1, 0.15) is 115 Å². The molecule has 0 bridgehead atoms. The number of esters is 4. The van der Waals surface area contributed by atoms with Crippen molar-refractivity contribution in [3.63, 3.8) is 0 Å². The lowest BCUT2D eigenvalue weighted by molar-refractivity contribution is -0.166. The molecule has 0 aromatic carbocycles. The fraction of sp³-hybridized carbons (Fsp3) is 0.875. The molecule has 44 heavy (non-hydrogen) atoms. The monoisotopic (exact) mass is 640 g/mol. The van der Waals surface area contributed by atoms with Crippen molar-refractivity contribution in [1.82, 2.24) is 0 Å². The number of carbonyl (C=O) groups excluding carboxylic acids is 4. The highest BCUT2D eigenvalue weighted by atomic mass is 16.6. The number of rotatable bonds is 15. The van der Waals surface area contributed by atoms with Gasteiger partial charge in [0.15, 0.2) is 6.29 Å². The molecule has 0 aliphatic heterocycles. The second-order valence-corrected chi connectivity index (χ2v) is 12.6. The standard InChI is InChI=1S/C9H18O3.C8H16O4.C8H16O3.C7H14O2/c1-4-9(2,3)8(11)12-7-5-6-10;1-4-8(2,3)7(11)12-5-6(9)10;1-4-8(2,3)7(10)11-6-5-9;1-5-7(2,3)6(8)9-4/h10H,4-7H2,1-3H3;6,9-10H,4-5H2,1-3H3;9H,4-6H2,1-3H3;5H2,1-4H3. The third-order valence-corrected chi connectivity index (χ3v) is 7.15. The van der Waals surface area contributed by atoms with Crippen LogP contribution in [0.25, 0.3) is 0 Å². The average Bonchev–Trinajstić information content (AvgIpc) is 2.98. The maximum Gasteiger partial charge on any atom is 0.311 e. The summed E-state index contributed by atoms with van der Waals surface area (Å²) in [6, 6.07) is 0. The molecule has 0 fully saturated rings. The molecule has 0 radical (unpaired) electrons. The lowest BCUT2D eigenvalue weighted by atomic mass is 9.91. The van der Waals surface area contributed by atoms with Gasteiger partial charge < -0.3 is 39.4 Å². The van der Waals surface area contributed by atoms with Crippen molar-refractivity contribution < 1.29 is 58.6 Å². The van der Waals surface area contributed by atoms with Crippen LogP contribution in [0, 0.1) is 21.7 Å². The molecule has 0 rings (SSSR count). The van der Waals surface area contributed by atoms with E-state index in [0.717, 1.165) is 19.3 Å². The van der Waals surface area contributed by atoms with E-state index in [0.29, 0.717) is 19.4 Å². The normalized spacial score (nSPS) is 11.4. The summed E-state index contributed by atoms with van der Waals surface area (Å²) in [6.07, 6.45) is 1.93. The van der Waals surface area contributed by atoms with Crippen LogP contribution in [-0.2, 0) is 38.1 Å². The maximum absolute atomic E-state index is 11.3. The minimum Gasteiger partial charge on any atom is -0.469 e. The fourth-order valence-corrected chi connectivity index (χ4v) is 1.96. The van der Waals surface area contributed by atoms with Crippen molar-refractivity contribution in [2.24, 2.45) is 21.7 Å². The van der Waals surface area contributed by atoms with Crippen molar-refractivity contribution in [3.05, 3.63) is 0 Å². The Morgan fingerprint density at radius 1 is 0.545 bits per heavy atom. The topological polar surface area (TPSA) is 186 Å². The van der Waals surface area contributed by atoms with Gasteiger partial charge in [0.25, 0.3) is 0 Å². The van der Waals surface area contributed by atoms with Gasteiger partial charge in [-0.3, -0.25) is 19.2 Å². The summed E-state index contributed by atoms with van der Waals surface area (Å²) in [6.45, 7) is 22.4. The van der Waals surface area contributed by atoms with E-state index in [1.165, 1.54) is 7.11 Å². The predicted octanol–water partition coefficient (Wildman–Crippen LogP) is 4.18. The summed E-state index contributed by atoms with van der Waals surface area (Å²) in [4.78, 5) is 44.4. The maximum atomic E-state index is 11.3. The molecule has 0 saturated heterocycles. The van der Waals surface area contributed by atoms with E-state index < -0.39 is 28.5 Å². The number of methoxy groups -OCH3 is 1. The molecule has 0 unspecified atom stereocenters. The van der Waals surface area contributed by atoms with E-state index in [1.54, 1.807) is 13.8 Å². The molecule has 0 aliphatic rings. The zero-order chi connectivity index (χ0) is 35.8. The van der Waals surface area contributed by atoms with Crippen molar-refractivity contribution in [1.29, 1.82) is 0 Å². The molecule has 0 atom stereocenters. The van der Waals surface area contributed by atoms with Gasteiger partial charge in [-0.05, 0) is 81.1 Å². The van der Waals surface area contributed by atoms with E-state index in [1.807, 2.05) is 69.2 Å². The number of ether oxygens (including phenoxy) is 4. The van der Waals surface area contributed by atoms with Crippen molar-refractivity contribution in [2.45, 2.75) is 121 Å². The molecule has 0 aromatic rings. The Kier molecular flexibility index (Phi) is 27.6. The Balaban J connectivity index is -0.000000244. The number of hydrogen-bond donors (Lipinski definition) is 4. The first-order chi connectivity index (χ1) is 20.0. The van der Waals surface area contributed by atoms with Crippen LogP contribution in [0.5, 0.6) is 0 Å². The lowest BCUT2D eigenvalue weighted by Gasteiger charge is -2.20. The van der Waals surface area contributed by atoms with Crippen LogP contribution >= 0.6 is 0 Å². The van der Waals surface area contributed by atoms with Gasteiger partial charge >= 0.3 is 23.9 Å². The van der Waals surface area contributed by atoms with Gasteiger partial charge in [-0.15, -0.1) is 0 Å². The molecule has 0 aliphatic carbocycles. The van der Waals surface area contributed by atoms with Gasteiger partial charge in [0.1, 0.15) is 13.2 Å². The fourth-order valence-electron chi connectivity index (χ4n) is 1.96. The number of carbonyl (C=O) groups is 4. The van der Waals surface area contributed by atoms with Crippen molar-refractivity contribution in [2.75, 3.05) is 40.1 Å². The molecule has 0 spiro atoms. The molecule has 0 heterocycles. The summed E-state index contributed by atoms with van der Waals surface area (Å²) in [7, 11) is 1.42. The quantitative estimate of drug-likeness (QED) is 0.0867. The largest absolute Gasteiger partial charge is 0.469 e. The van der Waals surface area contributed by atoms with Gasteiger partial charge in [0.2, 0.25) is 0 Å². The second-order valence-electron chi connectivity index (χ2n) is 12.6. The van der Waals surface area contributed by atoms with E-state index in [2.05, 4.69) is 9.47 Å². The van der Waals surface area contributed by atoms with E-state index in [4.69, 9.17) is 29.9 Å². The molecule has 12 heteroatoms. The smallest absolute Gasteiger partial charge is 0.311 e. The van der Waals surface area contributed by atoms with Crippen LogP contribution in [0.15, 0.2) is 0 Å². The summed E-state index contributed by atoms with van der Waals surface area (Å²) >= 11 is 0. The minimum atomic E-state index is -1.58. The van der Waals surface area contributed by atoms with Gasteiger partial charge in [-0.2, -0.15) is 0 Å². The number of hydrogen-bond acceptors (Lipinski definition) is 12. The minimum absolute atomic E-state index is 0.0693. The zero-order valence-electron chi connectivity index (χ0n) is 29.7. The highest BCUT2D eigenvalue weighted by molar-refractivity contribution is 5.76. The van der Waals surface area contributed by atoms with Gasteiger partial charge in [-0.1, -0.05) is 27.7 Å². The van der Waals surface area contributed by atoms with Gasteiger partial charge in [0, 0.05) is 13.0 Å². The summed E-state index contributed by atoms with van der Waals surface area (Å²) in [5.41, 5.74) is -1.67. The van der Waals surface area contributed by atoms with E-state index >= 15 is 0 Å². The molecular formula is C32H64O12. The van der Waals surface area contributed by atoms with E-state index in [-0.39, 0.29) is 49.8 Å². The van der Waals surface area contributed by atoms with Gasteiger partial charge in [-0.25, -0.2) is 0 Å². The van der Waals surface area contributed by atoms with Crippen LogP contribution in [-0.4, -0.2) is 90.7 Å². The van der Waals surface area contributed by atoms with Gasteiger partial charge in [0.05, 0.1) is 42.0 Å². The number of aliphatic hydroxyl groups excluding tert-OH is 3. The Bertz CT molecular complexity index is 786. The summed E-state index contributed by atoms with van der Waals surface area (Å²) in [5.74, 6) is -0.962. The molecule has 12 nitrogen and oxygen atoms in total. The Hall–Kier alpha value is -2.28. The Labute approximate surface area is 265 Å². The van der Waals surface area contributed by atoms with Crippen LogP contribution in [0.4, 0.5) is 0 Å². The molecule has 4 N–H and O–H groups in total. The third-order valence-electron chi connectivity index (χ3n) is 7.15. The SMILES string of the molecule is CCC(C)(C)C(=O)OC.CCC(C)(C)C(=O)OCC(O)O.CCC(C)(C)C(=O)OCCCO.CCC(C)(C)C(=O)OCCO. The molecule has 264 valence electrons. The Morgan fingerprint density at radius 3 is 1.11 bits per heavy atom. The predicted molar refractivity (Wildman–Crippen MR) is 168 cm³/mol. The zero-order valence-corrected chi connectivity index (χ0v) is 29.7. The van der Waals surface area contributed by atoms with Crippen molar-refractivity contribution in [3.8, 4) is 0 Å². The molecule has 0 saturated carbocycles. The van der Waals surface area contributed by atoms with Crippen LogP contribution in [0.2, 0.25) is 0 Å². The van der Waals surface area contributed by atoms with E-state index in [9.17, 15) is 19.2 Å². The second kappa shape index (κ2) is 25.0. The lowest BCUT2D eigenvalue weighted by Crippen LogP contribution is -2.28. The Morgan fingerprint density at radius 2 is 0.864 bits per heavy atom. The third kappa shape index (κ3) is 24.1. The molecule has 0 amide bonds. The first-order valence-corrected chi connectivity index (χ1v) is 15.2. The summed E-state index contributed by atoms with van der Waals surface area (Å²) in [5, 5.41) is 33.7. The van der Waals surface area contributed by atoms with Crippen molar-refractivity contribution >= 4 is 23.9 Å². The molecular weight excluding hydrogens is 576 g/mol. The highest BCUT2D eigenvalue weighted by Crippen LogP contribution is 2.23. The average molecular weight is 641 g/mol. The summed E-state index contributed by atoms with van der Waals surface area (Å²) < 4.78 is 18.9. The van der Waals surface area contributed by atoms with Crippen LogP contribution < -0.4 is 0 Å².